The summed E-state index contributed by atoms with van der Waals surface area (Å²) in [6.07, 6.45) is 7.83. The highest BCUT2D eigenvalue weighted by Crippen LogP contribution is 2.31. The molecule has 1 aromatic heterocycles. The lowest BCUT2D eigenvalue weighted by Crippen LogP contribution is -2.23. The molecule has 0 radical (unpaired) electrons. The summed E-state index contributed by atoms with van der Waals surface area (Å²) in [6.45, 7) is 2.14. The first-order valence-electron chi connectivity index (χ1n) is 7.23. The number of anilines is 1. The van der Waals surface area contributed by atoms with Gasteiger partial charge in [-0.2, -0.15) is 5.10 Å². The van der Waals surface area contributed by atoms with Crippen molar-refractivity contribution in [3.05, 3.63) is 17.8 Å². The zero-order valence-electron chi connectivity index (χ0n) is 10.9. The van der Waals surface area contributed by atoms with Gasteiger partial charge in [-0.05, 0) is 37.9 Å². The van der Waals surface area contributed by atoms with E-state index in [0.717, 1.165) is 18.9 Å². The number of nitrogens with zero attached hydrogens (tertiary/aromatic N) is 2. The smallest absolute Gasteiger partial charge is 0.148 e. The Morgan fingerprint density at radius 2 is 1.94 bits per heavy atom. The maximum Gasteiger partial charge on any atom is 0.148 e. The number of hydrogen-bond donors (Lipinski definition) is 2. The predicted molar refractivity (Wildman–Crippen MR) is 72.8 cm³/mol. The molecule has 1 aliphatic heterocycles. The van der Waals surface area contributed by atoms with Gasteiger partial charge in [-0.25, -0.2) is 0 Å². The second kappa shape index (κ2) is 5.65. The van der Waals surface area contributed by atoms with Crippen molar-refractivity contribution in [2.45, 2.75) is 50.5 Å². The van der Waals surface area contributed by atoms with Crippen molar-refractivity contribution in [3.8, 4) is 0 Å². The van der Waals surface area contributed by atoms with Gasteiger partial charge in [0.2, 0.25) is 0 Å². The molecule has 2 aliphatic rings. The van der Waals surface area contributed by atoms with Crippen molar-refractivity contribution in [3.63, 3.8) is 0 Å². The van der Waals surface area contributed by atoms with Crippen LogP contribution in [0.5, 0.6) is 0 Å². The first kappa shape index (κ1) is 11.9. The van der Waals surface area contributed by atoms with Gasteiger partial charge in [0.05, 0.1) is 5.69 Å². The topological polar surface area (TPSA) is 49.8 Å². The molecule has 4 heteroatoms. The fraction of sp³-hybridized carbons (Fsp3) is 0.714. The molecule has 3 rings (SSSR count). The van der Waals surface area contributed by atoms with E-state index < -0.39 is 0 Å². The normalized spacial score (nSPS) is 25.2. The summed E-state index contributed by atoms with van der Waals surface area (Å²) in [7, 11) is 0. The van der Waals surface area contributed by atoms with Gasteiger partial charge in [0.15, 0.2) is 0 Å². The highest BCUT2D eigenvalue weighted by Gasteiger charge is 2.18. The molecule has 2 fully saturated rings. The molecular weight excluding hydrogens is 224 g/mol. The van der Waals surface area contributed by atoms with Crippen molar-refractivity contribution >= 4 is 5.82 Å². The molecule has 1 aliphatic carbocycles. The molecular formula is C14H22N4. The molecule has 2 N–H and O–H groups in total. The standard InChI is InChI=1S/C14H22N4/c1-2-4-11(5-3-1)13-6-7-14(18-17-13)16-12-8-9-15-10-12/h6-7,11-12,15H,1-5,8-10H2,(H,16,18). The van der Waals surface area contributed by atoms with Gasteiger partial charge in [-0.3, -0.25) is 0 Å². The average molecular weight is 246 g/mol. The maximum absolute atomic E-state index is 4.41. The van der Waals surface area contributed by atoms with Crippen molar-refractivity contribution in [1.29, 1.82) is 0 Å². The van der Waals surface area contributed by atoms with Gasteiger partial charge < -0.3 is 10.6 Å². The Balaban J connectivity index is 1.60. The van der Waals surface area contributed by atoms with Gasteiger partial charge >= 0.3 is 0 Å². The Labute approximate surface area is 109 Å². The number of nitrogens with one attached hydrogen (secondary N) is 2. The summed E-state index contributed by atoms with van der Waals surface area (Å²) in [5.41, 5.74) is 1.18. The predicted octanol–water partition coefficient (Wildman–Crippen LogP) is 2.30. The molecule has 1 saturated heterocycles. The third kappa shape index (κ3) is 2.80. The largest absolute Gasteiger partial charge is 0.365 e. The van der Waals surface area contributed by atoms with E-state index in [9.17, 15) is 0 Å². The SMILES string of the molecule is c1cc(C2CCCCC2)nnc1NC1CCNC1. The Morgan fingerprint density at radius 3 is 2.61 bits per heavy atom. The molecule has 18 heavy (non-hydrogen) atoms. The lowest BCUT2D eigenvalue weighted by atomic mass is 9.87. The second-order valence-electron chi connectivity index (χ2n) is 5.51. The fourth-order valence-electron chi connectivity index (χ4n) is 3.02. The van der Waals surface area contributed by atoms with E-state index in [0.29, 0.717) is 12.0 Å². The highest BCUT2D eigenvalue weighted by molar-refractivity contribution is 5.35. The molecule has 0 amide bonds. The van der Waals surface area contributed by atoms with Crippen LogP contribution in [-0.2, 0) is 0 Å². The Kier molecular flexibility index (Phi) is 3.74. The lowest BCUT2D eigenvalue weighted by molar-refractivity contribution is 0.434. The summed E-state index contributed by atoms with van der Waals surface area (Å²) >= 11 is 0. The van der Waals surface area contributed by atoms with Gasteiger partial charge in [0.1, 0.15) is 5.82 Å². The summed E-state index contributed by atoms with van der Waals surface area (Å²) in [6, 6.07) is 4.77. The Morgan fingerprint density at radius 1 is 1.06 bits per heavy atom. The van der Waals surface area contributed by atoms with Crippen LogP contribution in [0.15, 0.2) is 12.1 Å². The maximum atomic E-state index is 4.41. The number of hydrogen-bond acceptors (Lipinski definition) is 4. The minimum absolute atomic E-state index is 0.514. The quantitative estimate of drug-likeness (QED) is 0.859. The van der Waals surface area contributed by atoms with Crippen molar-refractivity contribution < 1.29 is 0 Å². The molecule has 2 heterocycles. The van der Waals surface area contributed by atoms with E-state index in [1.807, 2.05) is 0 Å². The molecule has 1 saturated carbocycles. The van der Waals surface area contributed by atoms with E-state index in [1.54, 1.807) is 0 Å². The van der Waals surface area contributed by atoms with Crippen LogP contribution in [0.4, 0.5) is 5.82 Å². The first-order valence-corrected chi connectivity index (χ1v) is 7.23. The fourth-order valence-corrected chi connectivity index (χ4v) is 3.02. The number of aromatic nitrogens is 2. The van der Waals surface area contributed by atoms with Gasteiger partial charge in [0, 0.05) is 18.5 Å². The molecule has 1 aromatic rings. The van der Waals surface area contributed by atoms with Crippen LogP contribution in [0.2, 0.25) is 0 Å². The van der Waals surface area contributed by atoms with Crippen molar-refractivity contribution in [2.24, 2.45) is 0 Å². The van der Waals surface area contributed by atoms with Gasteiger partial charge in [-0.15, -0.1) is 5.10 Å². The molecule has 1 atom stereocenters. The monoisotopic (exact) mass is 246 g/mol. The minimum Gasteiger partial charge on any atom is -0.365 e. The van der Waals surface area contributed by atoms with Crippen LogP contribution in [0.3, 0.4) is 0 Å². The van der Waals surface area contributed by atoms with Crippen LogP contribution in [0, 0.1) is 0 Å². The molecule has 1 unspecified atom stereocenters. The summed E-state index contributed by atoms with van der Waals surface area (Å²) < 4.78 is 0. The minimum atomic E-state index is 0.514. The van der Waals surface area contributed by atoms with Crippen LogP contribution >= 0.6 is 0 Å². The van der Waals surface area contributed by atoms with E-state index >= 15 is 0 Å². The summed E-state index contributed by atoms with van der Waals surface area (Å²) in [4.78, 5) is 0. The van der Waals surface area contributed by atoms with E-state index in [2.05, 4.69) is 33.0 Å². The highest BCUT2D eigenvalue weighted by atomic mass is 15.2. The third-order valence-electron chi connectivity index (χ3n) is 4.12. The summed E-state index contributed by atoms with van der Waals surface area (Å²) in [5.74, 6) is 1.57. The second-order valence-corrected chi connectivity index (χ2v) is 5.51. The van der Waals surface area contributed by atoms with E-state index in [1.165, 1.54) is 44.2 Å². The Bertz CT molecular complexity index is 364. The summed E-state index contributed by atoms with van der Waals surface area (Å²) in [5, 5.41) is 15.5. The van der Waals surface area contributed by atoms with E-state index in [-0.39, 0.29) is 0 Å². The average Bonchev–Trinajstić information content (AvgIpc) is 2.94. The zero-order chi connectivity index (χ0) is 12.2. The van der Waals surface area contributed by atoms with Crippen LogP contribution < -0.4 is 10.6 Å². The molecule has 0 bridgehead atoms. The van der Waals surface area contributed by atoms with Crippen LogP contribution in [0.1, 0.15) is 50.1 Å². The molecule has 98 valence electrons. The van der Waals surface area contributed by atoms with Crippen LogP contribution in [0.25, 0.3) is 0 Å². The van der Waals surface area contributed by atoms with Crippen molar-refractivity contribution in [1.82, 2.24) is 15.5 Å². The third-order valence-corrected chi connectivity index (χ3v) is 4.12. The molecule has 0 aromatic carbocycles. The molecule has 4 nitrogen and oxygen atoms in total. The van der Waals surface area contributed by atoms with Crippen LogP contribution in [-0.4, -0.2) is 29.3 Å². The van der Waals surface area contributed by atoms with Crippen molar-refractivity contribution in [2.75, 3.05) is 18.4 Å². The van der Waals surface area contributed by atoms with E-state index in [4.69, 9.17) is 0 Å². The molecule has 0 spiro atoms. The van der Waals surface area contributed by atoms with Gasteiger partial charge in [-0.1, -0.05) is 19.3 Å². The number of rotatable bonds is 3. The van der Waals surface area contributed by atoms with Gasteiger partial charge in [0.25, 0.3) is 0 Å². The first-order chi connectivity index (χ1) is 8.92. The lowest BCUT2D eigenvalue weighted by Gasteiger charge is -2.20. The Hall–Kier alpha value is -1.16. The zero-order valence-corrected chi connectivity index (χ0v) is 10.9.